The Kier molecular flexibility index (Phi) is 5.35. The Labute approximate surface area is 126 Å². The molecule has 1 aromatic carbocycles. The number of sulfonamides is 1. The van der Waals surface area contributed by atoms with E-state index in [9.17, 15) is 12.8 Å². The first-order valence-corrected chi connectivity index (χ1v) is 8.97. The lowest BCUT2D eigenvalue weighted by atomic mass is 9.83. The highest BCUT2D eigenvalue weighted by molar-refractivity contribution is 7.89. The number of nitrogens with two attached hydrogens (primary N) is 1. The van der Waals surface area contributed by atoms with Gasteiger partial charge in [-0.05, 0) is 37.0 Å². The molecule has 1 aromatic rings. The van der Waals surface area contributed by atoms with Gasteiger partial charge in [-0.3, -0.25) is 0 Å². The van der Waals surface area contributed by atoms with Crippen LogP contribution in [-0.2, 0) is 16.6 Å². The van der Waals surface area contributed by atoms with Crippen molar-refractivity contribution in [3.63, 3.8) is 0 Å². The minimum absolute atomic E-state index is 0.0177. The van der Waals surface area contributed by atoms with Gasteiger partial charge in [0.05, 0.1) is 4.90 Å². The average molecular weight is 314 g/mol. The second-order valence-corrected chi connectivity index (χ2v) is 7.35. The van der Waals surface area contributed by atoms with E-state index >= 15 is 0 Å². The molecule has 0 heterocycles. The van der Waals surface area contributed by atoms with E-state index in [4.69, 9.17) is 5.73 Å². The van der Waals surface area contributed by atoms with Crippen LogP contribution in [0, 0.1) is 11.7 Å². The number of hydrogen-bond donors (Lipinski definition) is 2. The summed E-state index contributed by atoms with van der Waals surface area (Å²) < 4.78 is 41.2. The molecule has 3 N–H and O–H groups in total. The van der Waals surface area contributed by atoms with Gasteiger partial charge in [-0.1, -0.05) is 26.2 Å². The van der Waals surface area contributed by atoms with Crippen LogP contribution in [0.4, 0.5) is 4.39 Å². The minimum Gasteiger partial charge on any atom is -0.326 e. The summed E-state index contributed by atoms with van der Waals surface area (Å²) in [6, 6.07) is 3.75. The van der Waals surface area contributed by atoms with Crippen LogP contribution in [0.1, 0.15) is 44.6 Å². The Balaban J connectivity index is 2.21. The third-order valence-electron chi connectivity index (χ3n) is 4.29. The van der Waals surface area contributed by atoms with Crippen LogP contribution in [0.2, 0.25) is 0 Å². The molecule has 1 fully saturated rings. The highest BCUT2D eigenvalue weighted by Crippen LogP contribution is 2.28. The molecule has 2 atom stereocenters. The topological polar surface area (TPSA) is 72.2 Å². The largest absolute Gasteiger partial charge is 0.326 e. The fraction of sp³-hybridized carbons (Fsp3) is 0.600. The summed E-state index contributed by atoms with van der Waals surface area (Å²) >= 11 is 0. The second kappa shape index (κ2) is 6.85. The summed E-state index contributed by atoms with van der Waals surface area (Å²) in [5.41, 5.74) is 5.65. The van der Waals surface area contributed by atoms with Crippen molar-refractivity contribution in [1.29, 1.82) is 0 Å². The van der Waals surface area contributed by atoms with Gasteiger partial charge < -0.3 is 5.73 Å². The molecule has 0 spiro atoms. The molecule has 0 bridgehead atoms. The molecular weight excluding hydrogens is 291 g/mol. The van der Waals surface area contributed by atoms with Crippen LogP contribution in [0.5, 0.6) is 0 Å². The molecule has 0 radical (unpaired) electrons. The summed E-state index contributed by atoms with van der Waals surface area (Å²) in [5, 5.41) is 0. The van der Waals surface area contributed by atoms with Gasteiger partial charge in [0, 0.05) is 18.2 Å². The number of halogens is 1. The normalized spacial score (nSPS) is 23.2. The molecule has 0 amide bonds. The summed E-state index contributed by atoms with van der Waals surface area (Å²) in [4.78, 5) is 0.0878. The quantitative estimate of drug-likeness (QED) is 0.877. The van der Waals surface area contributed by atoms with Gasteiger partial charge in [0.15, 0.2) is 0 Å². The number of hydrogen-bond acceptors (Lipinski definition) is 3. The van der Waals surface area contributed by atoms with Gasteiger partial charge in [-0.15, -0.1) is 0 Å². The van der Waals surface area contributed by atoms with Gasteiger partial charge in [0.25, 0.3) is 0 Å². The Morgan fingerprint density at radius 2 is 2.05 bits per heavy atom. The lowest BCUT2D eigenvalue weighted by molar-refractivity contribution is 0.282. The van der Waals surface area contributed by atoms with E-state index in [0.717, 1.165) is 38.2 Å². The fourth-order valence-electron chi connectivity index (χ4n) is 2.99. The Morgan fingerprint density at radius 1 is 1.33 bits per heavy atom. The maximum Gasteiger partial charge on any atom is 0.240 e. The summed E-state index contributed by atoms with van der Waals surface area (Å²) in [7, 11) is -3.62. The Morgan fingerprint density at radius 3 is 2.71 bits per heavy atom. The van der Waals surface area contributed by atoms with Crippen LogP contribution >= 0.6 is 0 Å². The highest BCUT2D eigenvalue weighted by Gasteiger charge is 2.28. The Bertz CT molecular complexity index is 589. The van der Waals surface area contributed by atoms with Crippen molar-refractivity contribution in [2.24, 2.45) is 11.7 Å². The molecular formula is C15H23FN2O2S. The van der Waals surface area contributed by atoms with E-state index in [1.807, 2.05) is 0 Å². The van der Waals surface area contributed by atoms with E-state index in [1.54, 1.807) is 0 Å². The molecule has 1 aliphatic rings. The highest BCUT2D eigenvalue weighted by atomic mass is 32.2. The van der Waals surface area contributed by atoms with E-state index in [1.165, 1.54) is 12.1 Å². The third kappa shape index (κ3) is 3.81. The standard InChI is InChI=1S/C15H23FN2O2S/c1-2-11-5-3-4-6-15(11)18-21(19,20)13-7-8-14(16)12(9-13)10-17/h7-9,11,15,18H,2-6,10,17H2,1H3. The van der Waals surface area contributed by atoms with Gasteiger partial charge in [0.1, 0.15) is 5.82 Å². The molecule has 1 saturated carbocycles. The molecule has 2 rings (SSSR count). The van der Waals surface area contributed by atoms with Gasteiger partial charge in [-0.25, -0.2) is 17.5 Å². The van der Waals surface area contributed by atoms with Crippen molar-refractivity contribution in [1.82, 2.24) is 4.72 Å². The van der Waals surface area contributed by atoms with Crippen molar-refractivity contribution in [2.75, 3.05) is 0 Å². The first-order chi connectivity index (χ1) is 9.97. The van der Waals surface area contributed by atoms with Crippen molar-refractivity contribution >= 4 is 10.0 Å². The minimum atomic E-state index is -3.62. The van der Waals surface area contributed by atoms with Crippen molar-refractivity contribution in [2.45, 2.75) is 56.5 Å². The second-order valence-electron chi connectivity index (χ2n) is 5.64. The summed E-state index contributed by atoms with van der Waals surface area (Å²) in [6.07, 6.45) is 5.08. The van der Waals surface area contributed by atoms with Crippen LogP contribution in [0.25, 0.3) is 0 Å². The van der Waals surface area contributed by atoms with Crippen molar-refractivity contribution < 1.29 is 12.8 Å². The number of nitrogens with one attached hydrogen (secondary N) is 1. The molecule has 6 heteroatoms. The predicted octanol–water partition coefficient (Wildman–Crippen LogP) is 2.53. The summed E-state index contributed by atoms with van der Waals surface area (Å²) in [5.74, 6) is -0.0940. The summed E-state index contributed by atoms with van der Waals surface area (Å²) in [6.45, 7) is 2.07. The zero-order chi connectivity index (χ0) is 15.5. The maximum atomic E-state index is 13.4. The maximum absolute atomic E-state index is 13.4. The van der Waals surface area contributed by atoms with Gasteiger partial charge in [0.2, 0.25) is 10.0 Å². The lowest BCUT2D eigenvalue weighted by Gasteiger charge is -2.31. The first kappa shape index (κ1) is 16.4. The van der Waals surface area contributed by atoms with Gasteiger partial charge in [-0.2, -0.15) is 0 Å². The molecule has 1 aliphatic carbocycles. The SMILES string of the molecule is CCC1CCCCC1NS(=O)(=O)c1ccc(F)c(CN)c1. The van der Waals surface area contributed by atoms with E-state index < -0.39 is 15.8 Å². The zero-order valence-electron chi connectivity index (χ0n) is 12.3. The van der Waals surface area contributed by atoms with Crippen LogP contribution in [-0.4, -0.2) is 14.5 Å². The molecule has 0 aromatic heterocycles. The monoisotopic (exact) mass is 314 g/mol. The van der Waals surface area contributed by atoms with Crippen LogP contribution < -0.4 is 10.5 Å². The molecule has 21 heavy (non-hydrogen) atoms. The first-order valence-electron chi connectivity index (χ1n) is 7.48. The molecule has 118 valence electrons. The third-order valence-corrected chi connectivity index (χ3v) is 5.77. The average Bonchev–Trinajstić information content (AvgIpc) is 2.47. The Hall–Kier alpha value is -0.980. The fourth-order valence-corrected chi connectivity index (χ4v) is 4.38. The van der Waals surface area contributed by atoms with E-state index in [0.29, 0.717) is 5.92 Å². The smallest absolute Gasteiger partial charge is 0.240 e. The van der Waals surface area contributed by atoms with Crippen LogP contribution in [0.3, 0.4) is 0 Å². The zero-order valence-corrected chi connectivity index (χ0v) is 13.1. The van der Waals surface area contributed by atoms with Crippen molar-refractivity contribution in [3.05, 3.63) is 29.6 Å². The van der Waals surface area contributed by atoms with E-state index in [-0.39, 0.29) is 23.0 Å². The van der Waals surface area contributed by atoms with Crippen molar-refractivity contribution in [3.8, 4) is 0 Å². The molecule has 0 saturated heterocycles. The van der Waals surface area contributed by atoms with E-state index in [2.05, 4.69) is 11.6 Å². The van der Waals surface area contributed by atoms with Crippen LogP contribution in [0.15, 0.2) is 23.1 Å². The lowest BCUT2D eigenvalue weighted by Crippen LogP contribution is -2.41. The molecule has 2 unspecified atom stereocenters. The predicted molar refractivity (Wildman–Crippen MR) is 80.6 cm³/mol. The molecule has 4 nitrogen and oxygen atoms in total. The number of rotatable bonds is 5. The number of benzene rings is 1. The molecule has 0 aliphatic heterocycles. The van der Waals surface area contributed by atoms with Gasteiger partial charge >= 0.3 is 0 Å².